The van der Waals surface area contributed by atoms with E-state index in [9.17, 15) is 18.0 Å². The minimum Gasteiger partial charge on any atom is -0.465 e. The molecule has 0 radical (unpaired) electrons. The Morgan fingerprint density at radius 3 is 2.74 bits per heavy atom. The van der Waals surface area contributed by atoms with Crippen LogP contribution in [0.1, 0.15) is 5.56 Å². The third kappa shape index (κ3) is 2.70. The van der Waals surface area contributed by atoms with E-state index in [0.717, 1.165) is 10.5 Å². The van der Waals surface area contributed by atoms with Crippen molar-refractivity contribution in [2.75, 3.05) is 5.32 Å². The van der Waals surface area contributed by atoms with Crippen molar-refractivity contribution in [2.24, 2.45) is 0 Å². The van der Waals surface area contributed by atoms with Crippen LogP contribution in [0.25, 0.3) is 17.0 Å². The average Bonchev–Trinajstić information content (AvgIpc) is 3.06. The predicted molar refractivity (Wildman–Crippen MR) is 74.6 cm³/mol. The van der Waals surface area contributed by atoms with E-state index in [2.05, 4.69) is 4.98 Å². The number of amides is 1. The summed E-state index contributed by atoms with van der Waals surface area (Å²) in [6.07, 6.45) is -3.60. The highest BCUT2D eigenvalue weighted by atomic mass is 35.5. The number of carboxylic acid groups (broad SMARTS) is 1. The lowest BCUT2D eigenvalue weighted by atomic mass is 10.1. The van der Waals surface area contributed by atoms with Crippen molar-refractivity contribution in [1.82, 2.24) is 9.38 Å². The molecule has 2 N–H and O–H groups in total. The van der Waals surface area contributed by atoms with Gasteiger partial charge in [0.25, 0.3) is 0 Å². The molecule has 10 heteroatoms. The van der Waals surface area contributed by atoms with Crippen molar-refractivity contribution in [3.8, 4) is 11.3 Å². The van der Waals surface area contributed by atoms with Crippen LogP contribution in [-0.4, -0.2) is 20.6 Å². The second kappa shape index (κ2) is 5.20. The number of carbonyl (C=O) groups is 1. The van der Waals surface area contributed by atoms with E-state index in [-0.39, 0.29) is 22.3 Å². The van der Waals surface area contributed by atoms with Crippen LogP contribution in [0.2, 0.25) is 5.15 Å². The number of rotatable bonds is 2. The highest BCUT2D eigenvalue weighted by Gasteiger charge is 2.35. The van der Waals surface area contributed by atoms with Gasteiger partial charge in [-0.2, -0.15) is 13.2 Å². The van der Waals surface area contributed by atoms with Crippen molar-refractivity contribution >= 4 is 29.2 Å². The van der Waals surface area contributed by atoms with Gasteiger partial charge in [0.1, 0.15) is 5.76 Å². The van der Waals surface area contributed by atoms with Gasteiger partial charge >= 0.3 is 12.3 Å². The van der Waals surface area contributed by atoms with Gasteiger partial charge in [-0.1, -0.05) is 11.6 Å². The quantitative estimate of drug-likeness (QED) is 0.723. The topological polar surface area (TPSA) is 79.8 Å². The van der Waals surface area contributed by atoms with Gasteiger partial charge in [-0.05, 0) is 18.2 Å². The van der Waals surface area contributed by atoms with Crippen LogP contribution in [-0.2, 0) is 6.18 Å². The van der Waals surface area contributed by atoms with Gasteiger partial charge in [0.2, 0.25) is 0 Å². The van der Waals surface area contributed by atoms with Gasteiger partial charge in [-0.15, -0.1) is 0 Å². The maximum absolute atomic E-state index is 13.3. The van der Waals surface area contributed by atoms with Crippen molar-refractivity contribution in [3.63, 3.8) is 0 Å². The Hall–Kier alpha value is -2.68. The van der Waals surface area contributed by atoms with E-state index < -0.39 is 23.5 Å². The van der Waals surface area contributed by atoms with Gasteiger partial charge in [-0.25, -0.2) is 9.78 Å². The fourth-order valence-electron chi connectivity index (χ4n) is 2.08. The van der Waals surface area contributed by atoms with Crippen LogP contribution in [0, 0.1) is 0 Å². The summed E-state index contributed by atoms with van der Waals surface area (Å²) < 4.78 is 45.9. The number of furan rings is 1. The van der Waals surface area contributed by atoms with Crippen LogP contribution in [0.5, 0.6) is 0 Å². The highest BCUT2D eigenvalue weighted by Crippen LogP contribution is 2.37. The van der Waals surface area contributed by atoms with E-state index in [4.69, 9.17) is 21.1 Å². The molecule has 6 nitrogen and oxygen atoms in total. The Labute approximate surface area is 131 Å². The minimum absolute atomic E-state index is 0.121. The van der Waals surface area contributed by atoms with Crippen LogP contribution in [0.3, 0.4) is 0 Å². The molecule has 0 fully saturated rings. The molecule has 1 amide bonds. The van der Waals surface area contributed by atoms with E-state index >= 15 is 0 Å². The van der Waals surface area contributed by atoms with E-state index in [1.54, 1.807) is 0 Å². The highest BCUT2D eigenvalue weighted by molar-refractivity contribution is 6.32. The summed E-state index contributed by atoms with van der Waals surface area (Å²) in [4.78, 5) is 14.3. The summed E-state index contributed by atoms with van der Waals surface area (Å²) >= 11 is 5.93. The molecule has 0 atom stereocenters. The molecule has 120 valence electrons. The number of anilines is 1. The van der Waals surface area contributed by atoms with Crippen LogP contribution in [0.4, 0.5) is 23.8 Å². The van der Waals surface area contributed by atoms with Gasteiger partial charge in [0.15, 0.2) is 16.6 Å². The monoisotopic (exact) mass is 345 g/mol. The molecule has 0 bridgehead atoms. The molecule has 3 aromatic rings. The zero-order valence-electron chi connectivity index (χ0n) is 11.1. The zero-order valence-corrected chi connectivity index (χ0v) is 11.8. The number of nitrogens with zero attached hydrogens (tertiary/aromatic N) is 2. The Morgan fingerprint density at radius 2 is 2.17 bits per heavy atom. The Morgan fingerprint density at radius 1 is 1.43 bits per heavy atom. The van der Waals surface area contributed by atoms with Gasteiger partial charge < -0.3 is 9.52 Å². The van der Waals surface area contributed by atoms with Crippen molar-refractivity contribution in [1.29, 1.82) is 0 Å². The van der Waals surface area contributed by atoms with Crippen molar-refractivity contribution in [3.05, 3.63) is 41.4 Å². The number of hydrogen-bond acceptors (Lipinski definition) is 3. The lowest BCUT2D eigenvalue weighted by molar-refractivity contribution is -0.136. The fraction of sp³-hybridized carbons (Fsp3) is 0.0769. The molecule has 0 aromatic carbocycles. The second-order valence-corrected chi connectivity index (χ2v) is 4.85. The third-order valence-electron chi connectivity index (χ3n) is 3.00. The van der Waals surface area contributed by atoms with Crippen LogP contribution in [0.15, 0.2) is 35.1 Å². The molecule has 3 aromatic heterocycles. The van der Waals surface area contributed by atoms with Gasteiger partial charge in [0, 0.05) is 11.8 Å². The normalized spacial score (nSPS) is 11.8. The average molecular weight is 346 g/mol. The number of halogens is 4. The molecule has 0 aliphatic rings. The number of hydrogen-bond donors (Lipinski definition) is 2. The number of fused-ring (bicyclic) bond motifs is 1. The molecular weight excluding hydrogens is 339 g/mol. The van der Waals surface area contributed by atoms with E-state index in [1.165, 1.54) is 24.6 Å². The molecule has 0 spiro atoms. The third-order valence-corrected chi connectivity index (χ3v) is 3.36. The molecule has 0 saturated carbocycles. The molecule has 0 unspecified atom stereocenters. The number of alkyl halides is 3. The standard InChI is InChI=1S/C13H7ClF3N3O3/c14-9-10(19-12(21)22)18-11-7(13(15,16)17)4-6(5-20(9)11)8-2-1-3-23-8/h1-5,19H,(H,21,22). The summed E-state index contributed by atoms with van der Waals surface area (Å²) in [7, 11) is 0. The minimum atomic E-state index is -4.71. The predicted octanol–water partition coefficient (Wildman–Crippen LogP) is 4.36. The smallest absolute Gasteiger partial charge is 0.420 e. The fourth-order valence-corrected chi connectivity index (χ4v) is 2.30. The molecule has 3 heterocycles. The lowest BCUT2D eigenvalue weighted by Crippen LogP contribution is -2.08. The molecule has 0 aliphatic carbocycles. The Bertz CT molecular complexity index is 887. The summed E-state index contributed by atoms with van der Waals surface area (Å²) in [6.45, 7) is 0. The first kappa shape index (κ1) is 15.2. The van der Waals surface area contributed by atoms with Crippen LogP contribution >= 0.6 is 11.6 Å². The maximum Gasteiger partial charge on any atom is 0.420 e. The van der Waals surface area contributed by atoms with Gasteiger partial charge in [0.05, 0.1) is 11.8 Å². The molecule has 3 rings (SSSR count). The van der Waals surface area contributed by atoms with Crippen molar-refractivity contribution < 1.29 is 27.5 Å². The van der Waals surface area contributed by atoms with E-state index in [1.807, 2.05) is 5.32 Å². The number of aromatic nitrogens is 2. The maximum atomic E-state index is 13.3. The van der Waals surface area contributed by atoms with E-state index in [0.29, 0.717) is 0 Å². The first-order valence-electron chi connectivity index (χ1n) is 6.10. The van der Waals surface area contributed by atoms with Crippen molar-refractivity contribution in [2.45, 2.75) is 6.18 Å². The summed E-state index contributed by atoms with van der Waals surface area (Å²) in [5.41, 5.74) is -1.45. The Kier molecular flexibility index (Phi) is 3.44. The number of nitrogens with one attached hydrogen (secondary N) is 1. The number of imidazole rings is 1. The first-order valence-corrected chi connectivity index (χ1v) is 6.48. The largest absolute Gasteiger partial charge is 0.465 e. The van der Waals surface area contributed by atoms with Gasteiger partial charge in [-0.3, -0.25) is 9.72 Å². The number of pyridine rings is 1. The molecular formula is C13H7ClF3N3O3. The summed E-state index contributed by atoms with van der Waals surface area (Å²) in [5, 5.41) is 10.3. The molecule has 23 heavy (non-hydrogen) atoms. The summed E-state index contributed by atoms with van der Waals surface area (Å²) in [5.74, 6) is -0.184. The SMILES string of the molecule is O=C(O)Nc1nc2c(C(F)(F)F)cc(-c3ccco3)cn2c1Cl. The molecule has 0 saturated heterocycles. The second-order valence-electron chi connectivity index (χ2n) is 4.49. The first-order chi connectivity index (χ1) is 10.8. The lowest BCUT2D eigenvalue weighted by Gasteiger charge is -2.10. The zero-order chi connectivity index (χ0) is 16.8. The Balaban J connectivity index is 2.31. The summed E-state index contributed by atoms with van der Waals surface area (Å²) in [6, 6.07) is 3.88. The van der Waals surface area contributed by atoms with Crippen LogP contribution < -0.4 is 5.32 Å². The molecule has 0 aliphatic heterocycles.